The van der Waals surface area contributed by atoms with Crippen LogP contribution in [0.2, 0.25) is 0 Å². The number of nitrogens with one attached hydrogen (secondary N) is 1. The first-order valence-corrected chi connectivity index (χ1v) is 10.5. The lowest BCUT2D eigenvalue weighted by molar-refractivity contribution is -0.119. The Labute approximate surface area is 167 Å². The van der Waals surface area contributed by atoms with Gasteiger partial charge in [-0.15, -0.1) is 0 Å². The number of fused-ring (bicyclic) bond motifs is 1. The van der Waals surface area contributed by atoms with Gasteiger partial charge in [0.1, 0.15) is 5.78 Å². The highest BCUT2D eigenvalue weighted by atomic mass is 16.2. The van der Waals surface area contributed by atoms with Crippen molar-refractivity contribution in [1.29, 1.82) is 0 Å². The summed E-state index contributed by atoms with van der Waals surface area (Å²) in [5.41, 5.74) is 7.13. The standard InChI is InChI=1S/C22H33N3O3/c1-3-9-17(26)13-12-16(2)25-21(27)18-10-8-11-19(20(18)22(25)28)24-15-7-5-4-6-14-23/h8,10-11,16,24H,3-7,9,12-15,23H2,1-2H3. The van der Waals surface area contributed by atoms with E-state index in [0.29, 0.717) is 42.6 Å². The molecule has 0 aromatic heterocycles. The normalized spacial score (nSPS) is 14.3. The number of carbonyl (C=O) groups is 3. The number of anilines is 1. The van der Waals surface area contributed by atoms with Crippen LogP contribution in [0.1, 0.15) is 85.9 Å². The molecule has 0 saturated carbocycles. The lowest BCUT2D eigenvalue weighted by Gasteiger charge is -2.22. The summed E-state index contributed by atoms with van der Waals surface area (Å²) in [5, 5.41) is 3.31. The Morgan fingerprint density at radius 3 is 2.57 bits per heavy atom. The van der Waals surface area contributed by atoms with E-state index in [2.05, 4.69) is 5.32 Å². The van der Waals surface area contributed by atoms with Gasteiger partial charge >= 0.3 is 0 Å². The first-order chi connectivity index (χ1) is 13.5. The molecule has 0 fully saturated rings. The van der Waals surface area contributed by atoms with Gasteiger partial charge in [0.25, 0.3) is 11.8 Å². The van der Waals surface area contributed by atoms with E-state index in [-0.39, 0.29) is 23.6 Å². The van der Waals surface area contributed by atoms with Crippen molar-refractivity contribution in [2.24, 2.45) is 5.73 Å². The molecule has 1 heterocycles. The van der Waals surface area contributed by atoms with Crippen molar-refractivity contribution in [3.63, 3.8) is 0 Å². The van der Waals surface area contributed by atoms with E-state index < -0.39 is 0 Å². The molecule has 0 spiro atoms. The maximum absolute atomic E-state index is 13.0. The molecule has 1 atom stereocenters. The van der Waals surface area contributed by atoms with Crippen LogP contribution in [0.3, 0.4) is 0 Å². The van der Waals surface area contributed by atoms with Crippen molar-refractivity contribution >= 4 is 23.3 Å². The molecule has 6 heteroatoms. The number of benzene rings is 1. The fourth-order valence-corrected chi connectivity index (χ4v) is 3.60. The van der Waals surface area contributed by atoms with E-state index in [1.54, 1.807) is 12.1 Å². The van der Waals surface area contributed by atoms with Crippen molar-refractivity contribution < 1.29 is 14.4 Å². The first kappa shape index (κ1) is 22.1. The van der Waals surface area contributed by atoms with Gasteiger partial charge in [0.15, 0.2) is 0 Å². The minimum atomic E-state index is -0.294. The van der Waals surface area contributed by atoms with Crippen LogP contribution in [0, 0.1) is 0 Å². The Balaban J connectivity index is 2.01. The maximum Gasteiger partial charge on any atom is 0.263 e. The van der Waals surface area contributed by atoms with E-state index in [1.807, 2.05) is 19.9 Å². The molecule has 1 unspecified atom stereocenters. The highest BCUT2D eigenvalue weighted by Crippen LogP contribution is 2.31. The van der Waals surface area contributed by atoms with Crippen LogP contribution in [0.25, 0.3) is 0 Å². The lowest BCUT2D eigenvalue weighted by atomic mass is 10.1. The third-order valence-electron chi connectivity index (χ3n) is 5.20. The predicted octanol–water partition coefficient (Wildman–Crippen LogP) is 3.75. The summed E-state index contributed by atoms with van der Waals surface area (Å²) in [5.74, 6) is -0.341. The average Bonchev–Trinajstić information content (AvgIpc) is 2.94. The number of carbonyl (C=O) groups excluding carboxylic acids is 3. The molecule has 6 nitrogen and oxygen atoms in total. The number of hydrogen-bond acceptors (Lipinski definition) is 5. The molecule has 0 aliphatic carbocycles. The smallest absolute Gasteiger partial charge is 0.263 e. The molecule has 0 saturated heterocycles. The predicted molar refractivity (Wildman–Crippen MR) is 112 cm³/mol. The summed E-state index contributed by atoms with van der Waals surface area (Å²) in [6, 6.07) is 5.07. The van der Waals surface area contributed by atoms with E-state index in [1.165, 1.54) is 4.90 Å². The van der Waals surface area contributed by atoms with Crippen molar-refractivity contribution in [1.82, 2.24) is 4.90 Å². The third kappa shape index (κ3) is 5.41. The summed E-state index contributed by atoms with van der Waals surface area (Å²) in [7, 11) is 0. The molecule has 2 amide bonds. The number of amides is 2. The van der Waals surface area contributed by atoms with Gasteiger partial charge in [0.2, 0.25) is 0 Å². The number of Topliss-reactive ketones (excluding diaryl/α,β-unsaturated/α-hetero) is 1. The Kier molecular flexibility index (Phi) is 8.64. The van der Waals surface area contributed by atoms with Crippen LogP contribution in [0.4, 0.5) is 5.69 Å². The molecule has 0 radical (unpaired) electrons. The summed E-state index contributed by atoms with van der Waals surface area (Å²) in [6.45, 7) is 5.28. The molecule has 0 bridgehead atoms. The summed E-state index contributed by atoms with van der Waals surface area (Å²) in [4.78, 5) is 38.9. The average molecular weight is 388 g/mol. The highest BCUT2D eigenvalue weighted by Gasteiger charge is 2.39. The van der Waals surface area contributed by atoms with Gasteiger partial charge < -0.3 is 11.1 Å². The van der Waals surface area contributed by atoms with Crippen LogP contribution in [0.5, 0.6) is 0 Å². The second-order valence-corrected chi connectivity index (χ2v) is 7.51. The number of nitrogens with two attached hydrogens (primary N) is 1. The molecule has 154 valence electrons. The van der Waals surface area contributed by atoms with E-state index in [4.69, 9.17) is 5.73 Å². The Morgan fingerprint density at radius 1 is 1.11 bits per heavy atom. The number of imide groups is 1. The van der Waals surface area contributed by atoms with E-state index in [0.717, 1.165) is 38.6 Å². The van der Waals surface area contributed by atoms with Crippen molar-refractivity contribution in [2.75, 3.05) is 18.4 Å². The molecule has 1 aromatic rings. The number of ketones is 1. The second-order valence-electron chi connectivity index (χ2n) is 7.51. The van der Waals surface area contributed by atoms with Crippen LogP contribution in [0.15, 0.2) is 18.2 Å². The van der Waals surface area contributed by atoms with Crippen LogP contribution in [-0.2, 0) is 4.79 Å². The Hall–Kier alpha value is -2.21. The van der Waals surface area contributed by atoms with E-state index >= 15 is 0 Å². The van der Waals surface area contributed by atoms with Gasteiger partial charge in [-0.1, -0.05) is 25.8 Å². The molecule has 1 aromatic carbocycles. The SMILES string of the molecule is CCCC(=O)CCC(C)N1C(=O)c2cccc(NCCCCCCN)c2C1=O. The zero-order chi connectivity index (χ0) is 20.5. The Bertz CT molecular complexity index is 702. The van der Waals surface area contributed by atoms with Gasteiger partial charge in [-0.3, -0.25) is 19.3 Å². The summed E-state index contributed by atoms with van der Waals surface area (Å²) < 4.78 is 0. The first-order valence-electron chi connectivity index (χ1n) is 10.5. The van der Waals surface area contributed by atoms with Crippen LogP contribution in [-0.4, -0.2) is 41.6 Å². The fourth-order valence-electron chi connectivity index (χ4n) is 3.60. The maximum atomic E-state index is 13.0. The van der Waals surface area contributed by atoms with Gasteiger partial charge in [0, 0.05) is 31.1 Å². The number of unbranched alkanes of at least 4 members (excludes halogenated alkanes) is 3. The lowest BCUT2D eigenvalue weighted by Crippen LogP contribution is -2.38. The van der Waals surface area contributed by atoms with Crippen LogP contribution >= 0.6 is 0 Å². The summed E-state index contributed by atoms with van der Waals surface area (Å²) in [6.07, 6.45) is 6.48. The monoisotopic (exact) mass is 387 g/mol. The molecule has 3 N–H and O–H groups in total. The van der Waals surface area contributed by atoms with Gasteiger partial charge in [-0.2, -0.15) is 0 Å². The van der Waals surface area contributed by atoms with Crippen molar-refractivity contribution in [2.45, 2.75) is 71.3 Å². The number of hydrogen-bond donors (Lipinski definition) is 2. The molecular weight excluding hydrogens is 354 g/mol. The highest BCUT2D eigenvalue weighted by molar-refractivity contribution is 6.23. The molecule has 1 aliphatic heterocycles. The van der Waals surface area contributed by atoms with Gasteiger partial charge in [-0.25, -0.2) is 0 Å². The molecule has 1 aliphatic rings. The number of rotatable bonds is 13. The molecule has 2 rings (SSSR count). The minimum absolute atomic E-state index is 0.183. The zero-order valence-corrected chi connectivity index (χ0v) is 17.1. The van der Waals surface area contributed by atoms with Crippen LogP contribution < -0.4 is 11.1 Å². The van der Waals surface area contributed by atoms with Crippen molar-refractivity contribution in [3.05, 3.63) is 29.3 Å². The molecular formula is C22H33N3O3. The Morgan fingerprint density at radius 2 is 1.86 bits per heavy atom. The van der Waals surface area contributed by atoms with Gasteiger partial charge in [-0.05, 0) is 51.3 Å². The fraction of sp³-hybridized carbons (Fsp3) is 0.591. The summed E-state index contributed by atoms with van der Waals surface area (Å²) >= 11 is 0. The second kappa shape index (κ2) is 11.0. The third-order valence-corrected chi connectivity index (χ3v) is 5.20. The largest absolute Gasteiger partial charge is 0.384 e. The van der Waals surface area contributed by atoms with Crippen molar-refractivity contribution in [3.8, 4) is 0 Å². The topological polar surface area (TPSA) is 92.5 Å². The zero-order valence-electron chi connectivity index (χ0n) is 17.1. The van der Waals surface area contributed by atoms with Gasteiger partial charge in [0.05, 0.1) is 11.1 Å². The molecule has 28 heavy (non-hydrogen) atoms. The quantitative estimate of drug-likeness (QED) is 0.397. The van der Waals surface area contributed by atoms with E-state index in [9.17, 15) is 14.4 Å². The number of nitrogens with zero attached hydrogens (tertiary/aromatic N) is 1. The minimum Gasteiger partial charge on any atom is -0.384 e.